The van der Waals surface area contributed by atoms with Crippen LogP contribution in [0.1, 0.15) is 40.4 Å². The monoisotopic (exact) mass is 368 g/mol. The van der Waals surface area contributed by atoms with Gasteiger partial charge in [0.05, 0.1) is 25.9 Å². The van der Waals surface area contributed by atoms with E-state index in [4.69, 9.17) is 9.47 Å². The first kappa shape index (κ1) is 19.8. The van der Waals surface area contributed by atoms with Gasteiger partial charge in [-0.05, 0) is 42.3 Å². The van der Waals surface area contributed by atoms with Gasteiger partial charge in [-0.25, -0.2) is 0 Å². The third kappa shape index (κ3) is 4.76. The second-order valence-electron chi connectivity index (χ2n) is 5.67. The summed E-state index contributed by atoms with van der Waals surface area (Å²) < 4.78 is 47.9. The second kappa shape index (κ2) is 8.23. The van der Waals surface area contributed by atoms with Crippen molar-refractivity contribution in [3.63, 3.8) is 0 Å². The topological polar surface area (TPSA) is 55.8 Å². The number of carbonyl (C=O) groups is 1. The summed E-state index contributed by atoms with van der Waals surface area (Å²) in [7, 11) is 2.94. The highest BCUT2D eigenvalue weighted by molar-refractivity contribution is 5.96. The summed E-state index contributed by atoms with van der Waals surface area (Å²) in [4.78, 5) is 12.3. The molecular weight excluding hydrogens is 349 g/mol. The second-order valence-corrected chi connectivity index (χ2v) is 5.67. The number of hydrogen-bond donors (Lipinski definition) is 1. The minimum Gasteiger partial charge on any atom is -0.493 e. The molecule has 0 radical (unpaired) electrons. The molecule has 0 saturated heterocycles. The van der Waals surface area contributed by atoms with Crippen LogP contribution in [0.4, 0.5) is 13.2 Å². The van der Waals surface area contributed by atoms with E-state index in [0.29, 0.717) is 22.6 Å². The van der Waals surface area contributed by atoms with E-state index in [2.05, 4.69) is 0 Å². The zero-order valence-corrected chi connectivity index (χ0v) is 14.3. The van der Waals surface area contributed by atoms with E-state index in [9.17, 15) is 23.1 Å². The van der Waals surface area contributed by atoms with Gasteiger partial charge in [-0.2, -0.15) is 13.2 Å². The van der Waals surface area contributed by atoms with Gasteiger partial charge >= 0.3 is 6.18 Å². The van der Waals surface area contributed by atoms with Crippen molar-refractivity contribution in [2.45, 2.75) is 25.1 Å². The van der Waals surface area contributed by atoms with E-state index >= 15 is 0 Å². The predicted octanol–water partition coefficient (Wildman–Crippen LogP) is 4.42. The number of aliphatic hydroxyl groups excluding tert-OH is 1. The first-order valence-electron chi connectivity index (χ1n) is 7.86. The van der Waals surface area contributed by atoms with Gasteiger partial charge in [0.25, 0.3) is 0 Å². The lowest BCUT2D eigenvalue weighted by Crippen LogP contribution is -2.07. The Hall–Kier alpha value is -2.54. The van der Waals surface area contributed by atoms with Gasteiger partial charge in [-0.15, -0.1) is 0 Å². The zero-order valence-electron chi connectivity index (χ0n) is 14.3. The van der Waals surface area contributed by atoms with Crippen molar-refractivity contribution in [3.8, 4) is 11.5 Å². The fourth-order valence-corrected chi connectivity index (χ4v) is 2.48. The van der Waals surface area contributed by atoms with E-state index in [-0.39, 0.29) is 18.6 Å². The number of rotatable bonds is 7. The zero-order chi connectivity index (χ0) is 19.3. The van der Waals surface area contributed by atoms with Crippen LogP contribution in [0.5, 0.6) is 11.5 Å². The molecule has 26 heavy (non-hydrogen) atoms. The lowest BCUT2D eigenvalue weighted by atomic mass is 9.99. The van der Waals surface area contributed by atoms with Crippen molar-refractivity contribution in [2.75, 3.05) is 14.2 Å². The average molecular weight is 368 g/mol. The SMILES string of the molecule is COc1ccc(C(=O)CCC(O)c2ccc(C(F)(F)F)cc2)cc1OC. The van der Waals surface area contributed by atoms with Crippen molar-refractivity contribution < 1.29 is 32.5 Å². The number of alkyl halides is 3. The molecule has 0 bridgehead atoms. The van der Waals surface area contributed by atoms with Crippen LogP contribution in [0.3, 0.4) is 0 Å². The van der Waals surface area contributed by atoms with Gasteiger partial charge < -0.3 is 14.6 Å². The van der Waals surface area contributed by atoms with Crippen molar-refractivity contribution in [3.05, 3.63) is 59.2 Å². The molecular formula is C19H19F3O4. The molecule has 0 fully saturated rings. The van der Waals surface area contributed by atoms with Crippen LogP contribution in [-0.4, -0.2) is 25.1 Å². The van der Waals surface area contributed by atoms with Crippen molar-refractivity contribution >= 4 is 5.78 Å². The van der Waals surface area contributed by atoms with Crippen molar-refractivity contribution in [1.29, 1.82) is 0 Å². The minimum atomic E-state index is -4.42. The summed E-state index contributed by atoms with van der Waals surface area (Å²) in [6, 6.07) is 9.00. The van der Waals surface area contributed by atoms with Gasteiger partial charge in [-0.1, -0.05) is 12.1 Å². The Labute approximate surface area is 149 Å². The van der Waals surface area contributed by atoms with Crippen LogP contribution in [-0.2, 0) is 6.18 Å². The van der Waals surface area contributed by atoms with E-state index < -0.39 is 17.8 Å². The Balaban J connectivity index is 2.00. The molecule has 2 aromatic rings. The van der Waals surface area contributed by atoms with Crippen LogP contribution in [0.15, 0.2) is 42.5 Å². The fourth-order valence-electron chi connectivity index (χ4n) is 2.48. The van der Waals surface area contributed by atoms with Crippen LogP contribution < -0.4 is 9.47 Å². The molecule has 0 heterocycles. The third-order valence-electron chi connectivity index (χ3n) is 3.97. The number of benzene rings is 2. The van der Waals surface area contributed by atoms with Gasteiger partial charge in [0, 0.05) is 12.0 Å². The van der Waals surface area contributed by atoms with E-state index in [0.717, 1.165) is 12.1 Å². The lowest BCUT2D eigenvalue weighted by Gasteiger charge is -2.13. The number of methoxy groups -OCH3 is 2. The van der Waals surface area contributed by atoms with E-state index in [1.165, 1.54) is 26.4 Å². The number of carbonyl (C=O) groups excluding carboxylic acids is 1. The molecule has 4 nitrogen and oxygen atoms in total. The van der Waals surface area contributed by atoms with Crippen LogP contribution in [0, 0.1) is 0 Å². The normalized spacial score (nSPS) is 12.5. The summed E-state index contributed by atoms with van der Waals surface area (Å²) in [6.45, 7) is 0. The highest BCUT2D eigenvalue weighted by Gasteiger charge is 2.30. The third-order valence-corrected chi connectivity index (χ3v) is 3.97. The molecule has 0 aliphatic carbocycles. The largest absolute Gasteiger partial charge is 0.493 e. The number of ketones is 1. The quantitative estimate of drug-likeness (QED) is 0.735. The maximum Gasteiger partial charge on any atom is 0.416 e. The van der Waals surface area contributed by atoms with E-state index in [1.807, 2.05) is 0 Å². The highest BCUT2D eigenvalue weighted by atomic mass is 19.4. The van der Waals surface area contributed by atoms with Crippen LogP contribution in [0.2, 0.25) is 0 Å². The molecule has 0 amide bonds. The number of ether oxygens (including phenoxy) is 2. The van der Waals surface area contributed by atoms with Crippen LogP contribution in [0.25, 0.3) is 0 Å². The number of hydrogen-bond acceptors (Lipinski definition) is 4. The lowest BCUT2D eigenvalue weighted by molar-refractivity contribution is -0.137. The fraction of sp³-hybridized carbons (Fsp3) is 0.316. The Morgan fingerprint density at radius 1 is 1.04 bits per heavy atom. The molecule has 7 heteroatoms. The molecule has 0 aromatic heterocycles. The predicted molar refractivity (Wildman–Crippen MR) is 89.5 cm³/mol. The number of halogens is 3. The molecule has 2 aromatic carbocycles. The summed E-state index contributed by atoms with van der Waals surface area (Å²) in [5, 5.41) is 10.1. The maximum absolute atomic E-state index is 12.6. The Kier molecular flexibility index (Phi) is 6.26. The molecule has 0 aliphatic heterocycles. The Morgan fingerprint density at radius 3 is 2.19 bits per heavy atom. The maximum atomic E-state index is 12.6. The van der Waals surface area contributed by atoms with Crippen molar-refractivity contribution in [1.82, 2.24) is 0 Å². The molecule has 0 aliphatic rings. The smallest absolute Gasteiger partial charge is 0.416 e. The minimum absolute atomic E-state index is 0.0394. The summed E-state index contributed by atoms with van der Waals surface area (Å²) >= 11 is 0. The highest BCUT2D eigenvalue weighted by Crippen LogP contribution is 2.31. The number of Topliss-reactive ketones (excluding diaryl/α,β-unsaturated/α-hetero) is 1. The first-order chi connectivity index (χ1) is 12.3. The van der Waals surface area contributed by atoms with Gasteiger partial charge in [-0.3, -0.25) is 4.79 Å². The molecule has 1 unspecified atom stereocenters. The van der Waals surface area contributed by atoms with Crippen molar-refractivity contribution in [2.24, 2.45) is 0 Å². The number of aliphatic hydroxyl groups is 1. The molecule has 140 valence electrons. The van der Waals surface area contributed by atoms with E-state index in [1.54, 1.807) is 18.2 Å². The van der Waals surface area contributed by atoms with Gasteiger partial charge in [0.2, 0.25) is 0 Å². The standard InChI is InChI=1S/C19H19F3O4/c1-25-17-10-5-13(11-18(17)26-2)16(24)9-8-15(23)12-3-6-14(7-4-12)19(20,21)22/h3-7,10-11,15,23H,8-9H2,1-2H3. The average Bonchev–Trinajstić information content (AvgIpc) is 2.64. The molecule has 1 atom stereocenters. The molecule has 0 spiro atoms. The van der Waals surface area contributed by atoms with Gasteiger partial charge in [0.15, 0.2) is 17.3 Å². The molecule has 0 saturated carbocycles. The Bertz CT molecular complexity index is 754. The molecule has 1 N–H and O–H groups in total. The molecule has 2 rings (SSSR count). The summed E-state index contributed by atoms with van der Waals surface area (Å²) in [5.41, 5.74) is -0.0461. The van der Waals surface area contributed by atoms with Crippen LogP contribution >= 0.6 is 0 Å². The summed E-state index contributed by atoms with van der Waals surface area (Å²) in [5.74, 6) is 0.701. The van der Waals surface area contributed by atoms with Gasteiger partial charge in [0.1, 0.15) is 0 Å². The Morgan fingerprint density at radius 2 is 1.65 bits per heavy atom. The first-order valence-corrected chi connectivity index (χ1v) is 7.86. The summed E-state index contributed by atoms with van der Waals surface area (Å²) in [6.07, 6.45) is -5.32.